The first kappa shape index (κ1) is 13.8. The fourth-order valence-corrected chi connectivity index (χ4v) is 2.66. The predicted molar refractivity (Wildman–Crippen MR) is 83.8 cm³/mol. The van der Waals surface area contributed by atoms with E-state index in [2.05, 4.69) is 17.2 Å². The van der Waals surface area contributed by atoms with Crippen molar-refractivity contribution in [3.63, 3.8) is 0 Å². The van der Waals surface area contributed by atoms with Gasteiger partial charge in [-0.05, 0) is 42.8 Å². The standard InChI is InChI=1S/C17H18FN3/c18-14-6-8-16(9-7-14)21-17(12-15(20-21)10-11-19)13-4-2-1-3-5-13/h1-9,17H,10-12,19H2. The third-order valence-electron chi connectivity index (χ3n) is 3.68. The van der Waals surface area contributed by atoms with Crippen LogP contribution in [0.4, 0.5) is 10.1 Å². The Labute approximate surface area is 123 Å². The second kappa shape index (κ2) is 6.06. The zero-order valence-electron chi connectivity index (χ0n) is 11.7. The monoisotopic (exact) mass is 283 g/mol. The number of hydrogen-bond acceptors (Lipinski definition) is 3. The highest BCUT2D eigenvalue weighted by atomic mass is 19.1. The second-order valence-electron chi connectivity index (χ2n) is 5.16. The molecule has 1 aliphatic heterocycles. The minimum absolute atomic E-state index is 0.151. The molecular formula is C17H18FN3. The molecule has 0 aromatic heterocycles. The summed E-state index contributed by atoms with van der Waals surface area (Å²) in [6.07, 6.45) is 1.65. The number of hydrazone groups is 1. The third kappa shape index (κ3) is 2.95. The lowest BCUT2D eigenvalue weighted by atomic mass is 10.0. The minimum Gasteiger partial charge on any atom is -0.330 e. The molecule has 21 heavy (non-hydrogen) atoms. The third-order valence-corrected chi connectivity index (χ3v) is 3.68. The van der Waals surface area contributed by atoms with E-state index in [0.717, 1.165) is 24.2 Å². The van der Waals surface area contributed by atoms with Crippen molar-refractivity contribution in [2.24, 2.45) is 10.8 Å². The fraction of sp³-hybridized carbons (Fsp3) is 0.235. The largest absolute Gasteiger partial charge is 0.330 e. The van der Waals surface area contributed by atoms with Gasteiger partial charge in [0.2, 0.25) is 0 Å². The predicted octanol–water partition coefficient (Wildman–Crippen LogP) is 3.48. The van der Waals surface area contributed by atoms with E-state index in [0.29, 0.717) is 6.54 Å². The molecule has 0 saturated heterocycles. The highest BCUT2D eigenvalue weighted by Gasteiger charge is 2.28. The van der Waals surface area contributed by atoms with Crippen LogP contribution in [0.2, 0.25) is 0 Å². The van der Waals surface area contributed by atoms with Gasteiger partial charge in [-0.1, -0.05) is 30.3 Å². The normalized spacial score (nSPS) is 17.9. The van der Waals surface area contributed by atoms with Crippen LogP contribution in [0.5, 0.6) is 0 Å². The zero-order valence-corrected chi connectivity index (χ0v) is 11.7. The van der Waals surface area contributed by atoms with Crippen molar-refractivity contribution in [2.75, 3.05) is 11.6 Å². The Bertz CT molecular complexity index is 622. The first-order valence-electron chi connectivity index (χ1n) is 7.14. The molecule has 0 saturated carbocycles. The first-order valence-corrected chi connectivity index (χ1v) is 7.14. The summed E-state index contributed by atoms with van der Waals surface area (Å²) in [6.45, 7) is 0.595. The van der Waals surface area contributed by atoms with Gasteiger partial charge in [-0.25, -0.2) is 4.39 Å². The van der Waals surface area contributed by atoms with Crippen molar-refractivity contribution in [1.82, 2.24) is 0 Å². The van der Waals surface area contributed by atoms with E-state index in [4.69, 9.17) is 5.73 Å². The Morgan fingerprint density at radius 3 is 2.48 bits per heavy atom. The molecule has 0 radical (unpaired) electrons. The molecular weight excluding hydrogens is 265 g/mol. The van der Waals surface area contributed by atoms with Crippen LogP contribution in [0.3, 0.4) is 0 Å². The van der Waals surface area contributed by atoms with Crippen LogP contribution >= 0.6 is 0 Å². The Morgan fingerprint density at radius 2 is 1.81 bits per heavy atom. The van der Waals surface area contributed by atoms with Gasteiger partial charge in [-0.3, -0.25) is 5.01 Å². The van der Waals surface area contributed by atoms with E-state index in [9.17, 15) is 4.39 Å². The van der Waals surface area contributed by atoms with Gasteiger partial charge in [0.05, 0.1) is 11.7 Å². The highest BCUT2D eigenvalue weighted by molar-refractivity contribution is 5.89. The molecule has 1 atom stereocenters. The van der Waals surface area contributed by atoms with E-state index in [1.165, 1.54) is 17.7 Å². The van der Waals surface area contributed by atoms with Crippen molar-refractivity contribution in [3.8, 4) is 0 Å². The summed E-state index contributed by atoms with van der Waals surface area (Å²) in [6, 6.07) is 16.9. The van der Waals surface area contributed by atoms with Gasteiger partial charge in [0.25, 0.3) is 0 Å². The molecule has 2 aromatic carbocycles. The summed E-state index contributed by atoms with van der Waals surface area (Å²) >= 11 is 0. The number of anilines is 1. The van der Waals surface area contributed by atoms with Crippen LogP contribution < -0.4 is 10.7 Å². The molecule has 0 aliphatic carbocycles. The molecule has 0 fully saturated rings. The van der Waals surface area contributed by atoms with Crippen molar-refractivity contribution in [2.45, 2.75) is 18.9 Å². The van der Waals surface area contributed by atoms with E-state index in [1.807, 2.05) is 23.2 Å². The molecule has 0 bridgehead atoms. The average molecular weight is 283 g/mol. The lowest BCUT2D eigenvalue weighted by Gasteiger charge is -2.24. The Hall–Kier alpha value is -2.20. The SMILES string of the molecule is NCCC1=NN(c2ccc(F)cc2)C(c2ccccc2)C1. The van der Waals surface area contributed by atoms with E-state index in [1.54, 1.807) is 12.1 Å². The second-order valence-corrected chi connectivity index (χ2v) is 5.16. The van der Waals surface area contributed by atoms with E-state index < -0.39 is 0 Å². The topological polar surface area (TPSA) is 41.6 Å². The van der Waals surface area contributed by atoms with Gasteiger partial charge in [0, 0.05) is 12.1 Å². The molecule has 0 amide bonds. The van der Waals surface area contributed by atoms with Crippen LogP contribution in [-0.4, -0.2) is 12.3 Å². The van der Waals surface area contributed by atoms with Gasteiger partial charge in [-0.2, -0.15) is 5.10 Å². The lowest BCUT2D eigenvalue weighted by Crippen LogP contribution is -2.18. The quantitative estimate of drug-likeness (QED) is 0.933. The van der Waals surface area contributed by atoms with Crippen LogP contribution in [0.1, 0.15) is 24.4 Å². The molecule has 2 aromatic rings. The summed E-state index contributed by atoms with van der Waals surface area (Å²) in [5.41, 5.74) is 8.85. The van der Waals surface area contributed by atoms with Crippen LogP contribution in [0, 0.1) is 5.82 Å². The Morgan fingerprint density at radius 1 is 1.10 bits per heavy atom. The summed E-state index contributed by atoms with van der Waals surface area (Å²) in [7, 11) is 0. The maximum Gasteiger partial charge on any atom is 0.123 e. The lowest BCUT2D eigenvalue weighted by molar-refractivity contribution is 0.626. The molecule has 1 aliphatic rings. The van der Waals surface area contributed by atoms with Crippen molar-refractivity contribution >= 4 is 11.4 Å². The smallest absolute Gasteiger partial charge is 0.123 e. The molecule has 1 heterocycles. The Balaban J connectivity index is 1.94. The van der Waals surface area contributed by atoms with Crippen molar-refractivity contribution in [3.05, 3.63) is 66.0 Å². The van der Waals surface area contributed by atoms with Gasteiger partial charge >= 0.3 is 0 Å². The number of benzene rings is 2. The zero-order chi connectivity index (χ0) is 14.7. The number of halogens is 1. The number of nitrogens with zero attached hydrogens (tertiary/aromatic N) is 2. The highest BCUT2D eigenvalue weighted by Crippen LogP contribution is 2.35. The van der Waals surface area contributed by atoms with Gasteiger partial charge in [-0.15, -0.1) is 0 Å². The number of rotatable bonds is 4. The van der Waals surface area contributed by atoms with Crippen molar-refractivity contribution in [1.29, 1.82) is 0 Å². The summed E-state index contributed by atoms with van der Waals surface area (Å²) in [4.78, 5) is 0. The number of hydrogen-bond donors (Lipinski definition) is 1. The molecule has 3 nitrogen and oxygen atoms in total. The van der Waals surface area contributed by atoms with Crippen LogP contribution in [0.15, 0.2) is 59.7 Å². The minimum atomic E-state index is -0.236. The van der Waals surface area contributed by atoms with Gasteiger partial charge < -0.3 is 5.73 Å². The molecule has 3 rings (SSSR count). The maximum absolute atomic E-state index is 13.1. The summed E-state index contributed by atoms with van der Waals surface area (Å²) in [5, 5.41) is 6.66. The Kier molecular flexibility index (Phi) is 3.97. The average Bonchev–Trinajstić information content (AvgIpc) is 2.93. The van der Waals surface area contributed by atoms with Crippen LogP contribution in [0.25, 0.3) is 0 Å². The first-order chi connectivity index (χ1) is 10.3. The van der Waals surface area contributed by atoms with Gasteiger partial charge in [0.1, 0.15) is 5.82 Å². The number of nitrogens with two attached hydrogens (primary N) is 1. The fourth-order valence-electron chi connectivity index (χ4n) is 2.66. The molecule has 4 heteroatoms. The van der Waals surface area contributed by atoms with Gasteiger partial charge in [0.15, 0.2) is 0 Å². The molecule has 0 spiro atoms. The molecule has 1 unspecified atom stereocenters. The molecule has 2 N–H and O–H groups in total. The van der Waals surface area contributed by atoms with E-state index in [-0.39, 0.29) is 11.9 Å². The van der Waals surface area contributed by atoms with Crippen LogP contribution in [-0.2, 0) is 0 Å². The van der Waals surface area contributed by atoms with Crippen molar-refractivity contribution < 1.29 is 4.39 Å². The maximum atomic E-state index is 13.1. The van der Waals surface area contributed by atoms with E-state index >= 15 is 0 Å². The summed E-state index contributed by atoms with van der Waals surface area (Å²) < 4.78 is 13.1. The molecule has 108 valence electrons. The summed E-state index contributed by atoms with van der Waals surface area (Å²) in [5.74, 6) is -0.236.